The van der Waals surface area contributed by atoms with Crippen LogP contribution in [0.3, 0.4) is 0 Å². The van der Waals surface area contributed by atoms with Gasteiger partial charge in [0.15, 0.2) is 0 Å². The van der Waals surface area contributed by atoms with E-state index in [2.05, 4.69) is 18.3 Å². The molecule has 2 aliphatic heterocycles. The van der Waals surface area contributed by atoms with Crippen LogP contribution in [0.5, 0.6) is 5.75 Å². The number of rotatable bonds is 2. The lowest BCUT2D eigenvalue weighted by Crippen LogP contribution is -2.43. The molecule has 3 rings (SSSR count). The Morgan fingerprint density at radius 3 is 2.65 bits per heavy atom. The number of sulfone groups is 1. The number of benzene rings is 1. The first-order valence-corrected chi connectivity index (χ1v) is 9.05. The molecule has 0 aliphatic carbocycles. The van der Waals surface area contributed by atoms with Crippen LogP contribution in [0.2, 0.25) is 0 Å². The van der Waals surface area contributed by atoms with Crippen molar-refractivity contribution in [1.82, 2.24) is 5.32 Å². The molecule has 0 saturated carbocycles. The molecule has 1 fully saturated rings. The molecule has 2 unspecified atom stereocenters. The van der Waals surface area contributed by atoms with Gasteiger partial charge in [-0.25, -0.2) is 8.42 Å². The number of fused-ring (bicyclic) bond motifs is 1. The minimum absolute atomic E-state index is 0.255. The van der Waals surface area contributed by atoms with Gasteiger partial charge in [0.25, 0.3) is 0 Å². The topological polar surface area (TPSA) is 55.4 Å². The highest BCUT2D eigenvalue weighted by Crippen LogP contribution is 2.35. The third-order valence-electron chi connectivity index (χ3n) is 4.29. The zero-order valence-corrected chi connectivity index (χ0v) is 12.5. The quantitative estimate of drug-likeness (QED) is 0.906. The lowest BCUT2D eigenvalue weighted by atomic mass is 9.91. The molecule has 4 nitrogen and oxygen atoms in total. The molecule has 1 N–H and O–H groups in total. The van der Waals surface area contributed by atoms with Gasteiger partial charge in [0.05, 0.1) is 18.1 Å². The minimum Gasteiger partial charge on any atom is -0.493 e. The Labute approximate surface area is 120 Å². The van der Waals surface area contributed by atoms with Gasteiger partial charge < -0.3 is 10.1 Å². The molecule has 1 aromatic rings. The molecule has 5 heteroatoms. The Morgan fingerprint density at radius 2 is 1.90 bits per heavy atom. The highest BCUT2D eigenvalue weighted by molar-refractivity contribution is 7.91. The van der Waals surface area contributed by atoms with E-state index in [1.54, 1.807) is 0 Å². The molecule has 0 spiro atoms. The van der Waals surface area contributed by atoms with E-state index in [1.165, 1.54) is 5.56 Å². The van der Waals surface area contributed by atoms with E-state index in [0.717, 1.165) is 5.75 Å². The summed E-state index contributed by atoms with van der Waals surface area (Å²) in [5.74, 6) is 1.96. The summed E-state index contributed by atoms with van der Waals surface area (Å²) in [4.78, 5) is 0. The lowest BCUT2D eigenvalue weighted by Gasteiger charge is -2.36. The molecule has 0 aromatic heterocycles. The first-order valence-electron chi connectivity index (χ1n) is 7.23. The first-order chi connectivity index (χ1) is 9.55. The van der Waals surface area contributed by atoms with Crippen LogP contribution in [-0.4, -0.2) is 32.6 Å². The number of nitrogens with one attached hydrogen (secondary N) is 1. The maximum absolute atomic E-state index is 11.5. The van der Waals surface area contributed by atoms with E-state index in [-0.39, 0.29) is 12.1 Å². The van der Waals surface area contributed by atoms with Gasteiger partial charge in [-0.15, -0.1) is 0 Å². The van der Waals surface area contributed by atoms with Crippen molar-refractivity contribution in [3.8, 4) is 5.75 Å². The minimum atomic E-state index is -2.80. The van der Waals surface area contributed by atoms with Crippen molar-refractivity contribution in [1.29, 1.82) is 0 Å². The van der Waals surface area contributed by atoms with Crippen molar-refractivity contribution in [2.75, 3.05) is 18.1 Å². The Morgan fingerprint density at radius 1 is 1.20 bits per heavy atom. The molecule has 110 valence electrons. The zero-order chi connectivity index (χ0) is 14.2. The van der Waals surface area contributed by atoms with Crippen molar-refractivity contribution in [3.63, 3.8) is 0 Å². The number of ether oxygens (including phenoxy) is 1. The van der Waals surface area contributed by atoms with Crippen molar-refractivity contribution < 1.29 is 13.2 Å². The molecule has 1 aromatic carbocycles. The zero-order valence-electron chi connectivity index (χ0n) is 11.7. The van der Waals surface area contributed by atoms with Crippen LogP contribution in [0, 0.1) is 5.92 Å². The largest absolute Gasteiger partial charge is 0.493 e. The van der Waals surface area contributed by atoms with Crippen molar-refractivity contribution in [2.45, 2.75) is 31.8 Å². The maximum Gasteiger partial charge on any atom is 0.150 e. The third kappa shape index (κ3) is 2.83. The van der Waals surface area contributed by atoms with Gasteiger partial charge >= 0.3 is 0 Å². The van der Waals surface area contributed by atoms with Crippen LogP contribution in [-0.2, 0) is 9.84 Å². The SMILES string of the molecule is CC1COc2ccccc2C1NC1CCS(=O)(=O)CC1. The Hall–Kier alpha value is -1.07. The smallest absolute Gasteiger partial charge is 0.150 e. The van der Waals surface area contributed by atoms with E-state index in [4.69, 9.17) is 4.74 Å². The number of hydrogen-bond donors (Lipinski definition) is 1. The molecule has 2 heterocycles. The summed E-state index contributed by atoms with van der Waals surface area (Å²) in [6.45, 7) is 2.88. The first kappa shape index (κ1) is 13.9. The fraction of sp³-hybridized carbons (Fsp3) is 0.600. The van der Waals surface area contributed by atoms with Crippen LogP contribution in [0.15, 0.2) is 24.3 Å². The van der Waals surface area contributed by atoms with Gasteiger partial charge in [-0.2, -0.15) is 0 Å². The van der Waals surface area contributed by atoms with E-state index in [1.807, 2.05) is 18.2 Å². The van der Waals surface area contributed by atoms with Crippen LogP contribution >= 0.6 is 0 Å². The second kappa shape index (κ2) is 5.37. The Kier molecular flexibility index (Phi) is 3.73. The Balaban J connectivity index is 1.74. The molecule has 20 heavy (non-hydrogen) atoms. The highest BCUT2D eigenvalue weighted by Gasteiger charge is 2.31. The monoisotopic (exact) mass is 295 g/mol. The third-order valence-corrected chi connectivity index (χ3v) is 6.01. The average Bonchev–Trinajstić information content (AvgIpc) is 2.44. The van der Waals surface area contributed by atoms with Crippen LogP contribution in [0.4, 0.5) is 0 Å². The van der Waals surface area contributed by atoms with Crippen molar-refractivity contribution >= 4 is 9.84 Å². The summed E-state index contributed by atoms with van der Waals surface area (Å²) in [7, 11) is -2.80. The Bertz CT molecular complexity index is 571. The van der Waals surface area contributed by atoms with Gasteiger partial charge in [-0.05, 0) is 18.9 Å². The predicted molar refractivity (Wildman–Crippen MR) is 78.7 cm³/mol. The lowest BCUT2D eigenvalue weighted by molar-refractivity contribution is 0.178. The molecule has 2 aliphatic rings. The molecule has 0 bridgehead atoms. The van der Waals surface area contributed by atoms with Crippen LogP contribution in [0.25, 0.3) is 0 Å². The molecule has 0 amide bonds. The molecular formula is C15H21NO3S. The van der Waals surface area contributed by atoms with Gasteiger partial charge in [0.1, 0.15) is 15.6 Å². The summed E-state index contributed by atoms with van der Waals surface area (Å²) >= 11 is 0. The normalized spacial score (nSPS) is 29.4. The van der Waals surface area contributed by atoms with Gasteiger partial charge in [0.2, 0.25) is 0 Å². The maximum atomic E-state index is 11.5. The summed E-state index contributed by atoms with van der Waals surface area (Å²) in [6.07, 6.45) is 1.43. The summed E-state index contributed by atoms with van der Waals surface area (Å²) in [5, 5.41) is 3.66. The van der Waals surface area contributed by atoms with Gasteiger partial charge in [-0.1, -0.05) is 25.1 Å². The number of hydrogen-bond acceptors (Lipinski definition) is 4. The van der Waals surface area contributed by atoms with Gasteiger partial charge in [-0.3, -0.25) is 0 Å². The highest BCUT2D eigenvalue weighted by atomic mass is 32.2. The summed E-state index contributed by atoms with van der Waals surface area (Å²) in [6, 6.07) is 8.66. The second-order valence-electron chi connectivity index (χ2n) is 5.90. The average molecular weight is 295 g/mol. The van der Waals surface area contributed by atoms with E-state index < -0.39 is 9.84 Å². The second-order valence-corrected chi connectivity index (χ2v) is 8.20. The summed E-state index contributed by atoms with van der Waals surface area (Å²) < 4.78 is 28.8. The van der Waals surface area contributed by atoms with Crippen molar-refractivity contribution in [3.05, 3.63) is 29.8 Å². The molecular weight excluding hydrogens is 274 g/mol. The van der Waals surface area contributed by atoms with Crippen LogP contribution in [0.1, 0.15) is 31.4 Å². The van der Waals surface area contributed by atoms with Crippen LogP contribution < -0.4 is 10.1 Å². The summed E-state index contributed by atoms with van der Waals surface area (Å²) in [5.41, 5.74) is 1.19. The molecule has 0 radical (unpaired) electrons. The molecule has 1 saturated heterocycles. The molecule has 2 atom stereocenters. The van der Waals surface area contributed by atoms with Crippen molar-refractivity contribution in [2.24, 2.45) is 5.92 Å². The fourth-order valence-electron chi connectivity index (χ4n) is 3.06. The van der Waals surface area contributed by atoms with Gasteiger partial charge in [0, 0.05) is 23.6 Å². The van der Waals surface area contributed by atoms with E-state index >= 15 is 0 Å². The standard InChI is InChI=1S/C15H21NO3S/c1-11-10-19-14-5-3-2-4-13(14)15(11)16-12-6-8-20(17,18)9-7-12/h2-5,11-12,15-16H,6-10H2,1H3. The number of para-hydroxylation sites is 1. The predicted octanol–water partition coefficient (Wildman–Crippen LogP) is 1.92. The fourth-order valence-corrected chi connectivity index (χ4v) is 4.55. The van der Waals surface area contributed by atoms with E-state index in [0.29, 0.717) is 36.9 Å². The van der Waals surface area contributed by atoms with E-state index in [9.17, 15) is 8.42 Å².